The maximum atomic E-state index is 13.2. The van der Waals surface area contributed by atoms with E-state index < -0.39 is 17.7 Å². The summed E-state index contributed by atoms with van der Waals surface area (Å²) in [4.78, 5) is 30.0. The maximum absolute atomic E-state index is 13.2. The predicted octanol–water partition coefficient (Wildman–Crippen LogP) is 2.46. The Morgan fingerprint density at radius 1 is 1.00 bits per heavy atom. The number of rotatable bonds is 7. The zero-order valence-corrected chi connectivity index (χ0v) is 18.8. The van der Waals surface area contributed by atoms with E-state index in [0.29, 0.717) is 48.9 Å². The Kier molecular flexibility index (Phi) is 6.96. The number of Topliss-reactive ketones (excluding diaryl/α,β-unsaturated/α-hetero) is 1. The molecule has 2 fully saturated rings. The number of ether oxygens (including phenoxy) is 3. The van der Waals surface area contributed by atoms with Crippen LogP contribution in [-0.4, -0.2) is 80.2 Å². The number of carbonyl (C=O) groups is 2. The summed E-state index contributed by atoms with van der Waals surface area (Å²) in [6, 6.07) is 13.2. The number of amides is 1. The minimum Gasteiger partial charge on any atom is -0.507 e. The highest BCUT2D eigenvalue weighted by atomic mass is 16.5. The Hall–Kier alpha value is -3.36. The van der Waals surface area contributed by atoms with Crippen LogP contribution >= 0.6 is 0 Å². The number of nitrogens with zero attached hydrogens (tertiary/aromatic N) is 2. The number of aliphatic hydroxyl groups is 1. The molecule has 0 unspecified atom stereocenters. The smallest absolute Gasteiger partial charge is 0.295 e. The second-order valence-corrected chi connectivity index (χ2v) is 7.92. The number of likely N-dealkylation sites (tertiary alicyclic amines) is 1. The van der Waals surface area contributed by atoms with Gasteiger partial charge < -0.3 is 24.2 Å². The highest BCUT2D eigenvalue weighted by molar-refractivity contribution is 6.46. The molecule has 0 aliphatic carbocycles. The molecule has 0 radical (unpaired) electrons. The van der Waals surface area contributed by atoms with E-state index >= 15 is 0 Å². The first-order valence-corrected chi connectivity index (χ1v) is 10.9. The second kappa shape index (κ2) is 10.1. The van der Waals surface area contributed by atoms with Crippen LogP contribution in [0.4, 0.5) is 0 Å². The van der Waals surface area contributed by atoms with Crippen LogP contribution in [0.2, 0.25) is 0 Å². The van der Waals surface area contributed by atoms with Crippen molar-refractivity contribution in [2.24, 2.45) is 0 Å². The summed E-state index contributed by atoms with van der Waals surface area (Å²) >= 11 is 0. The van der Waals surface area contributed by atoms with Crippen molar-refractivity contribution >= 4 is 17.4 Å². The van der Waals surface area contributed by atoms with Crippen LogP contribution in [0.5, 0.6) is 11.5 Å². The molecule has 2 heterocycles. The van der Waals surface area contributed by atoms with Crippen molar-refractivity contribution in [3.05, 3.63) is 65.2 Å². The second-order valence-electron chi connectivity index (χ2n) is 7.92. The number of hydrogen-bond acceptors (Lipinski definition) is 7. The summed E-state index contributed by atoms with van der Waals surface area (Å²) < 4.78 is 16.1. The zero-order valence-electron chi connectivity index (χ0n) is 18.8. The van der Waals surface area contributed by atoms with Crippen LogP contribution in [0.1, 0.15) is 17.2 Å². The van der Waals surface area contributed by atoms with Gasteiger partial charge in [-0.2, -0.15) is 0 Å². The first-order valence-electron chi connectivity index (χ1n) is 10.9. The van der Waals surface area contributed by atoms with Crippen molar-refractivity contribution in [1.29, 1.82) is 0 Å². The third-order valence-electron chi connectivity index (χ3n) is 6.10. The molecular formula is C25H28N2O6. The average Bonchev–Trinajstić information content (AvgIpc) is 3.12. The molecule has 1 N–H and O–H groups in total. The number of aliphatic hydroxyl groups excluding tert-OH is 1. The summed E-state index contributed by atoms with van der Waals surface area (Å²) in [5.74, 6) is -0.392. The number of ketones is 1. The van der Waals surface area contributed by atoms with E-state index in [0.717, 1.165) is 13.1 Å². The van der Waals surface area contributed by atoms with Gasteiger partial charge in [-0.05, 0) is 30.3 Å². The number of carbonyl (C=O) groups excluding carboxylic acids is 2. The number of morpholine rings is 1. The highest BCUT2D eigenvalue weighted by Gasteiger charge is 2.47. The molecule has 2 saturated heterocycles. The molecule has 0 bridgehead atoms. The van der Waals surface area contributed by atoms with Gasteiger partial charge in [0.15, 0.2) is 0 Å². The van der Waals surface area contributed by atoms with Gasteiger partial charge in [-0.3, -0.25) is 14.5 Å². The fraction of sp³-hybridized carbons (Fsp3) is 0.360. The van der Waals surface area contributed by atoms with Crippen molar-refractivity contribution in [3.63, 3.8) is 0 Å². The van der Waals surface area contributed by atoms with Gasteiger partial charge in [0.05, 0.1) is 39.0 Å². The first kappa shape index (κ1) is 22.8. The van der Waals surface area contributed by atoms with Crippen molar-refractivity contribution in [1.82, 2.24) is 9.80 Å². The van der Waals surface area contributed by atoms with Crippen molar-refractivity contribution in [3.8, 4) is 11.5 Å². The molecule has 1 atom stereocenters. The quantitative estimate of drug-likeness (QED) is 0.392. The maximum Gasteiger partial charge on any atom is 0.295 e. The molecule has 1 amide bonds. The molecule has 174 valence electrons. The molecular weight excluding hydrogens is 424 g/mol. The minimum absolute atomic E-state index is 0.0524. The van der Waals surface area contributed by atoms with Crippen molar-refractivity contribution < 1.29 is 28.9 Å². The van der Waals surface area contributed by atoms with E-state index in [1.165, 1.54) is 4.90 Å². The third-order valence-corrected chi connectivity index (χ3v) is 6.10. The average molecular weight is 453 g/mol. The molecule has 0 spiro atoms. The van der Waals surface area contributed by atoms with Crippen LogP contribution in [0, 0.1) is 0 Å². The van der Waals surface area contributed by atoms with E-state index in [4.69, 9.17) is 14.2 Å². The standard InChI is InChI=1S/C25H28N2O6/c1-31-18-9-7-17(8-10-18)23(28)21-22(19-5-3-4-6-20(19)32-2)27(25(30)24(21)29)12-11-26-13-15-33-16-14-26/h3-10,22,28H,11-16H2,1-2H3/t22-/m0/s1. The largest absolute Gasteiger partial charge is 0.507 e. The highest BCUT2D eigenvalue weighted by Crippen LogP contribution is 2.42. The molecule has 0 saturated carbocycles. The first-order chi connectivity index (χ1) is 16.0. The van der Waals surface area contributed by atoms with Crippen LogP contribution < -0.4 is 9.47 Å². The molecule has 33 heavy (non-hydrogen) atoms. The summed E-state index contributed by atoms with van der Waals surface area (Å²) in [7, 11) is 3.10. The lowest BCUT2D eigenvalue weighted by atomic mass is 9.94. The van der Waals surface area contributed by atoms with Crippen molar-refractivity contribution in [2.75, 3.05) is 53.6 Å². The van der Waals surface area contributed by atoms with Crippen LogP contribution in [0.3, 0.4) is 0 Å². The van der Waals surface area contributed by atoms with Gasteiger partial charge in [-0.15, -0.1) is 0 Å². The van der Waals surface area contributed by atoms with Gasteiger partial charge >= 0.3 is 0 Å². The van der Waals surface area contributed by atoms with Crippen LogP contribution in [0.15, 0.2) is 54.1 Å². The summed E-state index contributed by atoms with van der Waals surface area (Å²) in [6.07, 6.45) is 0. The molecule has 4 rings (SSSR count). The molecule has 8 heteroatoms. The van der Waals surface area contributed by atoms with Crippen LogP contribution in [0.25, 0.3) is 5.76 Å². The van der Waals surface area contributed by atoms with E-state index in [-0.39, 0.29) is 11.3 Å². The Labute approximate surface area is 193 Å². The molecule has 8 nitrogen and oxygen atoms in total. The van der Waals surface area contributed by atoms with Gasteiger partial charge in [-0.1, -0.05) is 18.2 Å². The molecule has 2 aromatic rings. The van der Waals surface area contributed by atoms with E-state index in [1.807, 2.05) is 18.2 Å². The van der Waals surface area contributed by atoms with E-state index in [2.05, 4.69) is 4.90 Å². The Morgan fingerprint density at radius 3 is 2.36 bits per heavy atom. The van der Waals surface area contributed by atoms with Gasteiger partial charge in [0.25, 0.3) is 11.7 Å². The number of hydrogen-bond donors (Lipinski definition) is 1. The van der Waals surface area contributed by atoms with Crippen molar-refractivity contribution in [2.45, 2.75) is 6.04 Å². The number of para-hydroxylation sites is 1. The Balaban J connectivity index is 1.76. The minimum atomic E-state index is -0.760. The lowest BCUT2D eigenvalue weighted by molar-refractivity contribution is -0.140. The van der Waals surface area contributed by atoms with Gasteiger partial charge in [0, 0.05) is 37.3 Å². The van der Waals surface area contributed by atoms with E-state index in [9.17, 15) is 14.7 Å². The van der Waals surface area contributed by atoms with Gasteiger partial charge in [0.1, 0.15) is 17.3 Å². The van der Waals surface area contributed by atoms with E-state index in [1.54, 1.807) is 44.6 Å². The lowest BCUT2D eigenvalue weighted by Crippen LogP contribution is -2.42. The summed E-state index contributed by atoms with van der Waals surface area (Å²) in [5.41, 5.74) is 1.13. The Morgan fingerprint density at radius 2 is 1.70 bits per heavy atom. The monoisotopic (exact) mass is 452 g/mol. The zero-order chi connectivity index (χ0) is 23.4. The fourth-order valence-electron chi connectivity index (χ4n) is 4.30. The fourth-order valence-corrected chi connectivity index (χ4v) is 4.30. The molecule has 2 aliphatic heterocycles. The lowest BCUT2D eigenvalue weighted by Gasteiger charge is -2.31. The molecule has 2 aliphatic rings. The van der Waals surface area contributed by atoms with Crippen LogP contribution in [-0.2, 0) is 14.3 Å². The SMILES string of the molecule is COc1ccc(C(O)=C2C(=O)C(=O)N(CCN3CCOCC3)[C@H]2c2ccccc2OC)cc1. The topological polar surface area (TPSA) is 88.5 Å². The third kappa shape index (κ3) is 4.58. The normalized spacial score (nSPS) is 20.8. The molecule has 0 aromatic heterocycles. The molecule has 2 aromatic carbocycles. The number of methoxy groups -OCH3 is 2. The predicted molar refractivity (Wildman–Crippen MR) is 122 cm³/mol. The van der Waals surface area contributed by atoms with Gasteiger partial charge in [0.2, 0.25) is 0 Å². The Bertz CT molecular complexity index is 1040. The van der Waals surface area contributed by atoms with Gasteiger partial charge in [-0.25, -0.2) is 0 Å². The number of benzene rings is 2. The summed E-state index contributed by atoms with van der Waals surface area (Å²) in [6.45, 7) is 3.78. The summed E-state index contributed by atoms with van der Waals surface area (Å²) in [5, 5.41) is 11.2.